The van der Waals surface area contributed by atoms with Gasteiger partial charge in [-0.3, -0.25) is 0 Å². The Bertz CT molecular complexity index is 838. The Morgan fingerprint density at radius 3 is 2.42 bits per heavy atom. The van der Waals surface area contributed by atoms with Gasteiger partial charge in [0.25, 0.3) is 0 Å². The number of hydrogen-bond donors (Lipinski definition) is 0. The first-order chi connectivity index (χ1) is 11.6. The standard InChI is InChI=1S/C20H23N3O/c1-5-24-15(3)17-12-8-9-13-18(17)20-19(21-22-23(20)4)16-11-7-6-10-14(16)2/h6-13,15H,5H2,1-4H3. The SMILES string of the molecule is CCOC(C)c1ccccc1-c1c(-c2ccccc2C)nnn1C. The van der Waals surface area contributed by atoms with Gasteiger partial charge in [0.05, 0.1) is 11.8 Å². The molecule has 24 heavy (non-hydrogen) atoms. The number of aromatic nitrogens is 3. The van der Waals surface area contributed by atoms with Crippen molar-refractivity contribution in [3.63, 3.8) is 0 Å². The number of ether oxygens (including phenoxy) is 1. The van der Waals surface area contributed by atoms with E-state index in [1.807, 2.05) is 42.9 Å². The molecular formula is C20H23N3O. The smallest absolute Gasteiger partial charge is 0.121 e. The van der Waals surface area contributed by atoms with Crippen molar-refractivity contribution in [1.29, 1.82) is 0 Å². The molecule has 1 atom stereocenters. The van der Waals surface area contributed by atoms with E-state index in [0.29, 0.717) is 6.61 Å². The zero-order chi connectivity index (χ0) is 17.1. The van der Waals surface area contributed by atoms with Crippen LogP contribution < -0.4 is 0 Å². The molecule has 0 aliphatic heterocycles. The Labute approximate surface area is 143 Å². The highest BCUT2D eigenvalue weighted by Crippen LogP contribution is 2.36. The van der Waals surface area contributed by atoms with Gasteiger partial charge in [-0.05, 0) is 31.9 Å². The summed E-state index contributed by atoms with van der Waals surface area (Å²) in [6, 6.07) is 16.6. The van der Waals surface area contributed by atoms with Crippen molar-refractivity contribution in [2.75, 3.05) is 6.61 Å². The summed E-state index contributed by atoms with van der Waals surface area (Å²) in [5, 5.41) is 8.72. The summed E-state index contributed by atoms with van der Waals surface area (Å²) < 4.78 is 7.67. The highest BCUT2D eigenvalue weighted by atomic mass is 16.5. The van der Waals surface area contributed by atoms with Crippen molar-refractivity contribution in [3.05, 3.63) is 59.7 Å². The normalized spacial score (nSPS) is 12.3. The molecule has 0 amide bonds. The minimum Gasteiger partial charge on any atom is -0.374 e. The summed E-state index contributed by atoms with van der Waals surface area (Å²) in [6.07, 6.45) is 0.0193. The van der Waals surface area contributed by atoms with E-state index in [0.717, 1.165) is 28.1 Å². The van der Waals surface area contributed by atoms with Crippen LogP contribution in [0.5, 0.6) is 0 Å². The van der Waals surface area contributed by atoms with Gasteiger partial charge in [0.2, 0.25) is 0 Å². The molecule has 1 aromatic heterocycles. The van der Waals surface area contributed by atoms with Crippen molar-refractivity contribution >= 4 is 0 Å². The molecule has 0 fully saturated rings. The fourth-order valence-corrected chi connectivity index (χ4v) is 3.09. The topological polar surface area (TPSA) is 39.9 Å². The largest absolute Gasteiger partial charge is 0.374 e. The number of hydrogen-bond acceptors (Lipinski definition) is 3. The van der Waals surface area contributed by atoms with Gasteiger partial charge in [-0.2, -0.15) is 0 Å². The molecule has 0 N–H and O–H groups in total. The molecule has 0 bridgehead atoms. The van der Waals surface area contributed by atoms with E-state index in [1.54, 1.807) is 0 Å². The van der Waals surface area contributed by atoms with Crippen molar-refractivity contribution in [3.8, 4) is 22.5 Å². The fraction of sp³-hybridized carbons (Fsp3) is 0.300. The molecule has 1 heterocycles. The maximum Gasteiger partial charge on any atom is 0.121 e. The first kappa shape index (κ1) is 16.4. The summed E-state index contributed by atoms with van der Waals surface area (Å²) in [5.74, 6) is 0. The van der Waals surface area contributed by atoms with Crippen molar-refractivity contribution < 1.29 is 4.74 Å². The van der Waals surface area contributed by atoms with E-state index in [-0.39, 0.29) is 6.10 Å². The number of rotatable bonds is 5. The van der Waals surface area contributed by atoms with Crippen LogP contribution in [-0.2, 0) is 11.8 Å². The van der Waals surface area contributed by atoms with E-state index in [9.17, 15) is 0 Å². The minimum absolute atomic E-state index is 0.0193. The summed E-state index contributed by atoms with van der Waals surface area (Å²) in [4.78, 5) is 0. The Hall–Kier alpha value is -2.46. The molecule has 0 spiro atoms. The zero-order valence-corrected chi connectivity index (χ0v) is 14.7. The number of aryl methyl sites for hydroxylation is 2. The number of benzene rings is 2. The summed E-state index contributed by atoms with van der Waals surface area (Å²) in [5.41, 5.74) is 6.50. The van der Waals surface area contributed by atoms with Gasteiger partial charge < -0.3 is 4.74 Å². The lowest BCUT2D eigenvalue weighted by Gasteiger charge is -2.17. The second-order valence-corrected chi connectivity index (χ2v) is 5.91. The van der Waals surface area contributed by atoms with Gasteiger partial charge >= 0.3 is 0 Å². The predicted octanol–water partition coefficient (Wildman–Crippen LogP) is 4.56. The van der Waals surface area contributed by atoms with Gasteiger partial charge in [-0.1, -0.05) is 53.7 Å². The molecule has 124 valence electrons. The van der Waals surface area contributed by atoms with Crippen molar-refractivity contribution in [2.24, 2.45) is 7.05 Å². The molecule has 3 aromatic rings. The molecule has 3 rings (SSSR count). The third kappa shape index (κ3) is 2.97. The first-order valence-electron chi connectivity index (χ1n) is 8.30. The quantitative estimate of drug-likeness (QED) is 0.692. The second kappa shape index (κ2) is 6.97. The highest BCUT2D eigenvalue weighted by Gasteiger charge is 2.20. The average Bonchev–Trinajstić information content (AvgIpc) is 2.97. The van der Waals surface area contributed by atoms with Crippen LogP contribution >= 0.6 is 0 Å². The average molecular weight is 321 g/mol. The molecule has 4 nitrogen and oxygen atoms in total. The van der Waals surface area contributed by atoms with Crippen LogP contribution in [0.2, 0.25) is 0 Å². The van der Waals surface area contributed by atoms with Crippen LogP contribution in [0.4, 0.5) is 0 Å². The summed E-state index contributed by atoms with van der Waals surface area (Å²) >= 11 is 0. The monoisotopic (exact) mass is 321 g/mol. The Kier molecular flexibility index (Phi) is 4.76. The fourth-order valence-electron chi connectivity index (χ4n) is 3.09. The van der Waals surface area contributed by atoms with Gasteiger partial charge in [0.15, 0.2) is 0 Å². The lowest BCUT2D eigenvalue weighted by molar-refractivity contribution is 0.0767. The molecule has 1 unspecified atom stereocenters. The van der Waals surface area contributed by atoms with E-state index in [4.69, 9.17) is 4.74 Å². The maximum atomic E-state index is 5.83. The molecule has 0 radical (unpaired) electrons. The van der Waals surface area contributed by atoms with E-state index >= 15 is 0 Å². The molecule has 0 aliphatic rings. The van der Waals surface area contributed by atoms with Crippen LogP contribution in [0.1, 0.15) is 31.1 Å². The first-order valence-corrected chi connectivity index (χ1v) is 8.30. The van der Waals surface area contributed by atoms with Gasteiger partial charge in [0.1, 0.15) is 5.69 Å². The third-order valence-electron chi connectivity index (χ3n) is 4.30. The lowest BCUT2D eigenvalue weighted by atomic mass is 9.96. The van der Waals surface area contributed by atoms with Gasteiger partial charge in [-0.25, -0.2) is 4.68 Å². The summed E-state index contributed by atoms with van der Waals surface area (Å²) in [6.45, 7) is 6.88. The Balaban J connectivity index is 2.19. The Morgan fingerprint density at radius 1 is 1.04 bits per heavy atom. The zero-order valence-electron chi connectivity index (χ0n) is 14.7. The molecule has 0 aliphatic carbocycles. The third-order valence-corrected chi connectivity index (χ3v) is 4.30. The molecule has 0 saturated carbocycles. The van der Waals surface area contributed by atoms with Crippen LogP contribution in [0, 0.1) is 6.92 Å². The maximum absolute atomic E-state index is 5.83. The second-order valence-electron chi connectivity index (χ2n) is 5.91. The highest BCUT2D eigenvalue weighted by molar-refractivity contribution is 5.81. The van der Waals surface area contributed by atoms with Crippen molar-refractivity contribution in [1.82, 2.24) is 15.0 Å². The molecule has 4 heteroatoms. The lowest BCUT2D eigenvalue weighted by Crippen LogP contribution is -2.04. The molecule has 2 aromatic carbocycles. The van der Waals surface area contributed by atoms with Crippen molar-refractivity contribution in [2.45, 2.75) is 26.9 Å². The van der Waals surface area contributed by atoms with E-state index < -0.39 is 0 Å². The van der Waals surface area contributed by atoms with Crippen LogP contribution in [0.3, 0.4) is 0 Å². The van der Waals surface area contributed by atoms with E-state index in [1.165, 1.54) is 5.56 Å². The van der Waals surface area contributed by atoms with Crippen LogP contribution in [0.25, 0.3) is 22.5 Å². The predicted molar refractivity (Wildman–Crippen MR) is 96.7 cm³/mol. The molecular weight excluding hydrogens is 298 g/mol. The van der Waals surface area contributed by atoms with E-state index in [2.05, 4.69) is 48.4 Å². The number of nitrogens with zero attached hydrogens (tertiary/aromatic N) is 3. The molecule has 0 saturated heterocycles. The summed E-state index contributed by atoms with van der Waals surface area (Å²) in [7, 11) is 1.94. The van der Waals surface area contributed by atoms with Crippen LogP contribution in [-0.4, -0.2) is 21.6 Å². The Morgan fingerprint density at radius 2 is 1.71 bits per heavy atom. The minimum atomic E-state index is 0.0193. The van der Waals surface area contributed by atoms with Gasteiger partial charge in [0, 0.05) is 24.8 Å². The van der Waals surface area contributed by atoms with Crippen LogP contribution in [0.15, 0.2) is 48.5 Å². The van der Waals surface area contributed by atoms with Gasteiger partial charge in [-0.15, -0.1) is 5.10 Å².